The van der Waals surface area contributed by atoms with Crippen LogP contribution in [0.15, 0.2) is 77.3 Å². The number of anilines is 1. The third-order valence-electron chi connectivity index (χ3n) is 5.79. The number of ether oxygens (including phenoxy) is 1. The third-order valence-corrected chi connectivity index (χ3v) is 5.79. The number of benzene rings is 3. The lowest BCUT2D eigenvalue weighted by atomic mass is 10.0. The van der Waals surface area contributed by atoms with Crippen molar-refractivity contribution >= 4 is 22.7 Å². The van der Waals surface area contributed by atoms with E-state index in [0.717, 1.165) is 33.5 Å². The number of nitrogens with one attached hydrogen (secondary N) is 2. The van der Waals surface area contributed by atoms with E-state index in [4.69, 9.17) is 9.15 Å². The predicted octanol–water partition coefficient (Wildman–Crippen LogP) is 6.33. The fourth-order valence-electron chi connectivity index (χ4n) is 3.84. The maximum atomic E-state index is 12.3. The summed E-state index contributed by atoms with van der Waals surface area (Å²) in [5, 5.41) is 10.1. The van der Waals surface area contributed by atoms with Crippen molar-refractivity contribution in [1.82, 2.24) is 15.2 Å². The van der Waals surface area contributed by atoms with E-state index >= 15 is 0 Å². The lowest BCUT2D eigenvalue weighted by Crippen LogP contribution is -2.20. The summed E-state index contributed by atoms with van der Waals surface area (Å²) in [6.45, 7) is 6.23. The standard InChI is InChI=1S/C28H26N4O3/c1-17(2)19-7-11-22(12-8-19)34-16-26(33)30-21-9-5-20(6-10-21)27-23(15-29-32-27)28-31-24-14-18(3)4-13-25(24)35-28/h4-15,17H,16H2,1-3H3,(H,29,32)(H,30,33). The highest BCUT2D eigenvalue weighted by atomic mass is 16.5. The van der Waals surface area contributed by atoms with E-state index in [1.807, 2.05) is 73.7 Å². The molecule has 0 unspecified atom stereocenters. The summed E-state index contributed by atoms with van der Waals surface area (Å²) in [6, 6.07) is 21.2. The number of fused-ring (bicyclic) bond motifs is 1. The van der Waals surface area contributed by atoms with E-state index < -0.39 is 0 Å². The Kier molecular flexibility index (Phi) is 6.06. The van der Waals surface area contributed by atoms with Crippen molar-refractivity contribution in [3.8, 4) is 28.5 Å². The van der Waals surface area contributed by atoms with Gasteiger partial charge in [0, 0.05) is 11.3 Å². The van der Waals surface area contributed by atoms with E-state index in [-0.39, 0.29) is 12.5 Å². The zero-order valence-electron chi connectivity index (χ0n) is 19.8. The largest absolute Gasteiger partial charge is 0.484 e. The zero-order valence-corrected chi connectivity index (χ0v) is 19.8. The van der Waals surface area contributed by atoms with Gasteiger partial charge in [0.25, 0.3) is 5.91 Å². The smallest absolute Gasteiger partial charge is 0.262 e. The number of hydrogen-bond donors (Lipinski definition) is 2. The number of aromatic amines is 1. The summed E-state index contributed by atoms with van der Waals surface area (Å²) in [5.41, 5.74) is 7.03. The third kappa shape index (κ3) is 4.94. The van der Waals surface area contributed by atoms with E-state index in [2.05, 4.69) is 34.3 Å². The van der Waals surface area contributed by atoms with Gasteiger partial charge in [-0.3, -0.25) is 9.89 Å². The first kappa shape index (κ1) is 22.4. The molecule has 0 saturated carbocycles. The van der Waals surface area contributed by atoms with E-state index in [1.165, 1.54) is 5.56 Å². The molecule has 1 amide bonds. The van der Waals surface area contributed by atoms with Gasteiger partial charge in [0.2, 0.25) is 5.89 Å². The normalized spacial score (nSPS) is 11.2. The molecule has 2 aromatic heterocycles. The summed E-state index contributed by atoms with van der Waals surface area (Å²) in [6.07, 6.45) is 1.70. The summed E-state index contributed by atoms with van der Waals surface area (Å²) in [4.78, 5) is 17.0. The maximum Gasteiger partial charge on any atom is 0.262 e. The van der Waals surface area contributed by atoms with Gasteiger partial charge in [-0.1, -0.05) is 44.2 Å². The van der Waals surface area contributed by atoms with Crippen LogP contribution in [0.25, 0.3) is 33.8 Å². The maximum absolute atomic E-state index is 12.3. The topological polar surface area (TPSA) is 93.0 Å². The van der Waals surface area contributed by atoms with E-state index in [9.17, 15) is 4.79 Å². The number of nitrogens with zero attached hydrogens (tertiary/aromatic N) is 2. The fraction of sp³-hybridized carbons (Fsp3) is 0.179. The highest BCUT2D eigenvalue weighted by Crippen LogP contribution is 2.32. The van der Waals surface area contributed by atoms with Crippen molar-refractivity contribution in [1.29, 1.82) is 0 Å². The molecule has 7 heteroatoms. The average molecular weight is 467 g/mol. The van der Waals surface area contributed by atoms with Crippen LogP contribution in [0.1, 0.15) is 30.9 Å². The van der Waals surface area contributed by atoms with Crippen molar-refractivity contribution < 1.29 is 13.9 Å². The number of aromatic nitrogens is 3. The minimum atomic E-state index is -0.227. The Labute approximate surface area is 203 Å². The van der Waals surface area contributed by atoms with Crippen LogP contribution in [0.4, 0.5) is 5.69 Å². The Morgan fingerprint density at radius 2 is 1.83 bits per heavy atom. The van der Waals surface area contributed by atoms with Crippen LogP contribution in [0.3, 0.4) is 0 Å². The van der Waals surface area contributed by atoms with Crippen LogP contribution in [0, 0.1) is 6.92 Å². The van der Waals surface area contributed by atoms with E-state index in [0.29, 0.717) is 23.2 Å². The summed E-state index contributed by atoms with van der Waals surface area (Å²) in [7, 11) is 0. The highest BCUT2D eigenvalue weighted by Gasteiger charge is 2.16. The Balaban J connectivity index is 1.25. The van der Waals surface area contributed by atoms with Crippen molar-refractivity contribution in [3.63, 3.8) is 0 Å². The Hall–Kier alpha value is -4.39. The van der Waals surface area contributed by atoms with Gasteiger partial charge in [0.05, 0.1) is 17.5 Å². The molecule has 0 aliphatic carbocycles. The summed E-state index contributed by atoms with van der Waals surface area (Å²) >= 11 is 0. The van der Waals surface area contributed by atoms with E-state index in [1.54, 1.807) is 6.20 Å². The van der Waals surface area contributed by atoms with Crippen molar-refractivity contribution in [2.45, 2.75) is 26.7 Å². The molecule has 7 nitrogen and oxygen atoms in total. The lowest BCUT2D eigenvalue weighted by molar-refractivity contribution is -0.118. The number of hydrogen-bond acceptors (Lipinski definition) is 5. The number of rotatable bonds is 7. The van der Waals surface area contributed by atoms with Gasteiger partial charge in [0.1, 0.15) is 11.3 Å². The zero-order chi connectivity index (χ0) is 24.4. The molecule has 5 rings (SSSR count). The molecule has 0 saturated heterocycles. The van der Waals surface area contributed by atoms with Crippen LogP contribution >= 0.6 is 0 Å². The SMILES string of the molecule is Cc1ccc2oc(-c3cn[nH]c3-c3ccc(NC(=O)COc4ccc(C(C)C)cc4)cc3)nc2c1. The van der Waals surface area contributed by atoms with Crippen LogP contribution in [-0.2, 0) is 4.79 Å². The quantitative estimate of drug-likeness (QED) is 0.292. The molecule has 3 aromatic carbocycles. The first-order valence-electron chi connectivity index (χ1n) is 11.5. The molecular weight excluding hydrogens is 440 g/mol. The molecule has 0 atom stereocenters. The van der Waals surface area contributed by atoms with Gasteiger partial charge in [-0.15, -0.1) is 0 Å². The van der Waals surface area contributed by atoms with Gasteiger partial charge < -0.3 is 14.5 Å². The number of amides is 1. The number of H-pyrrole nitrogens is 1. The van der Waals surface area contributed by atoms with Crippen molar-refractivity contribution in [2.24, 2.45) is 0 Å². The molecule has 0 aliphatic heterocycles. The van der Waals surface area contributed by atoms with Crippen molar-refractivity contribution in [3.05, 3.63) is 84.1 Å². The molecule has 0 fully saturated rings. The average Bonchev–Trinajstić information content (AvgIpc) is 3.50. The Bertz CT molecular complexity index is 1460. The second-order valence-electron chi connectivity index (χ2n) is 8.79. The molecular formula is C28H26N4O3. The minimum Gasteiger partial charge on any atom is -0.484 e. The molecule has 0 bridgehead atoms. The molecule has 5 aromatic rings. The van der Waals surface area contributed by atoms with Gasteiger partial charge >= 0.3 is 0 Å². The van der Waals surface area contributed by atoms with Crippen LogP contribution in [0.5, 0.6) is 5.75 Å². The van der Waals surface area contributed by atoms with Gasteiger partial charge in [-0.05, 0) is 60.4 Å². The number of carbonyl (C=O) groups is 1. The predicted molar refractivity (Wildman–Crippen MR) is 136 cm³/mol. The number of aryl methyl sites for hydroxylation is 1. The molecule has 176 valence electrons. The summed E-state index contributed by atoms with van der Waals surface area (Å²) in [5.74, 6) is 1.40. The van der Waals surface area contributed by atoms with Gasteiger partial charge in [0.15, 0.2) is 12.2 Å². The monoisotopic (exact) mass is 466 g/mol. The molecule has 0 spiro atoms. The molecule has 35 heavy (non-hydrogen) atoms. The second-order valence-corrected chi connectivity index (χ2v) is 8.79. The first-order chi connectivity index (χ1) is 17.0. The molecule has 0 radical (unpaired) electrons. The lowest BCUT2D eigenvalue weighted by Gasteiger charge is -2.10. The number of oxazole rings is 1. The number of carbonyl (C=O) groups excluding carboxylic acids is 1. The first-order valence-corrected chi connectivity index (χ1v) is 11.5. The van der Waals surface area contributed by atoms with Crippen molar-refractivity contribution in [2.75, 3.05) is 11.9 Å². The van der Waals surface area contributed by atoms with Gasteiger partial charge in [-0.2, -0.15) is 5.10 Å². The molecule has 2 N–H and O–H groups in total. The minimum absolute atomic E-state index is 0.0648. The molecule has 0 aliphatic rings. The second kappa shape index (κ2) is 9.46. The Morgan fingerprint density at radius 3 is 2.57 bits per heavy atom. The highest BCUT2D eigenvalue weighted by molar-refractivity contribution is 5.92. The van der Waals surface area contributed by atoms with Crippen LogP contribution in [-0.4, -0.2) is 27.7 Å². The van der Waals surface area contributed by atoms with Gasteiger partial charge in [-0.25, -0.2) is 4.98 Å². The summed E-state index contributed by atoms with van der Waals surface area (Å²) < 4.78 is 11.6. The Morgan fingerprint density at radius 1 is 1.06 bits per heavy atom. The molecule has 2 heterocycles. The van der Waals surface area contributed by atoms with Crippen LogP contribution < -0.4 is 10.1 Å². The fourth-order valence-corrected chi connectivity index (χ4v) is 3.84. The van der Waals surface area contributed by atoms with Crippen LogP contribution in [0.2, 0.25) is 0 Å².